The Morgan fingerprint density at radius 2 is 1.97 bits per heavy atom. The van der Waals surface area contributed by atoms with E-state index in [0.29, 0.717) is 24.9 Å². The second-order valence-corrected chi connectivity index (χ2v) is 10.9. The van der Waals surface area contributed by atoms with Gasteiger partial charge >= 0.3 is 6.18 Å². The van der Waals surface area contributed by atoms with Gasteiger partial charge in [-0.25, -0.2) is 8.42 Å². The summed E-state index contributed by atoms with van der Waals surface area (Å²) < 4.78 is 69.0. The van der Waals surface area contributed by atoms with Crippen LogP contribution >= 0.6 is 0 Å². The lowest BCUT2D eigenvalue weighted by atomic mass is 9.61. The zero-order valence-corrected chi connectivity index (χ0v) is 19.5. The molecule has 0 unspecified atom stereocenters. The monoisotopic (exact) mass is 506 g/mol. The Kier molecular flexibility index (Phi) is 5.01. The lowest BCUT2D eigenvalue weighted by Gasteiger charge is -2.45. The molecule has 1 aliphatic rings. The third-order valence-electron chi connectivity index (χ3n) is 6.55. The number of benzene rings is 1. The number of pyridine rings is 1. The molecule has 1 fully saturated rings. The number of H-pyrrole nitrogens is 1. The summed E-state index contributed by atoms with van der Waals surface area (Å²) >= 11 is 0. The van der Waals surface area contributed by atoms with E-state index < -0.39 is 48.3 Å². The van der Waals surface area contributed by atoms with Crippen LogP contribution in [-0.2, 0) is 28.5 Å². The maximum Gasteiger partial charge on any atom is 0.418 e. The molecule has 5 rings (SSSR count). The molecule has 35 heavy (non-hydrogen) atoms. The Balaban J connectivity index is 1.75. The van der Waals surface area contributed by atoms with Gasteiger partial charge in [-0.3, -0.25) is 9.36 Å². The summed E-state index contributed by atoms with van der Waals surface area (Å²) in [5.74, 6) is 0.664. The van der Waals surface area contributed by atoms with Crippen LogP contribution in [0.2, 0.25) is 0 Å². The number of nitrogens with one attached hydrogen (secondary N) is 1. The van der Waals surface area contributed by atoms with Crippen LogP contribution in [-0.4, -0.2) is 45.0 Å². The van der Waals surface area contributed by atoms with Crippen molar-refractivity contribution in [1.29, 1.82) is 0 Å². The number of aromatic nitrogens is 5. The van der Waals surface area contributed by atoms with Crippen molar-refractivity contribution in [3.63, 3.8) is 0 Å². The Labute approximate surface area is 197 Å². The van der Waals surface area contributed by atoms with Crippen LogP contribution in [0.15, 0.2) is 52.7 Å². The number of nitrogens with two attached hydrogens (primary N) is 1. The molecule has 184 valence electrons. The van der Waals surface area contributed by atoms with E-state index in [0.717, 1.165) is 22.6 Å². The van der Waals surface area contributed by atoms with Crippen molar-refractivity contribution in [3.05, 3.63) is 70.3 Å². The summed E-state index contributed by atoms with van der Waals surface area (Å²) in [6.07, 6.45) is 0.110. The van der Waals surface area contributed by atoms with Gasteiger partial charge in [0.05, 0.1) is 15.9 Å². The molecule has 0 saturated heterocycles. The van der Waals surface area contributed by atoms with Crippen molar-refractivity contribution in [3.8, 4) is 5.69 Å². The van der Waals surface area contributed by atoms with Crippen molar-refractivity contribution in [2.75, 3.05) is 6.26 Å². The summed E-state index contributed by atoms with van der Waals surface area (Å²) in [6, 6.07) is 6.52. The Bertz CT molecular complexity index is 1630. The quantitative estimate of drug-likeness (QED) is 0.437. The fourth-order valence-electron chi connectivity index (χ4n) is 4.97. The van der Waals surface area contributed by atoms with E-state index in [1.165, 1.54) is 6.07 Å². The topological polar surface area (TPSA) is 129 Å². The maximum absolute atomic E-state index is 14.0. The maximum atomic E-state index is 14.0. The number of alkyl halides is 3. The number of nitrogens with zero attached hydrogens (tertiary/aromatic N) is 4. The van der Waals surface area contributed by atoms with Crippen molar-refractivity contribution >= 4 is 20.7 Å². The second kappa shape index (κ2) is 7.52. The Hall–Kier alpha value is -3.45. The number of hydrogen-bond acceptors (Lipinski definition) is 6. The van der Waals surface area contributed by atoms with E-state index in [1.54, 1.807) is 30.1 Å². The number of halogens is 3. The van der Waals surface area contributed by atoms with E-state index in [9.17, 15) is 26.4 Å². The summed E-state index contributed by atoms with van der Waals surface area (Å²) in [4.78, 5) is 15.1. The van der Waals surface area contributed by atoms with Gasteiger partial charge in [0.1, 0.15) is 17.7 Å². The van der Waals surface area contributed by atoms with Gasteiger partial charge in [-0.15, -0.1) is 10.2 Å². The summed E-state index contributed by atoms with van der Waals surface area (Å²) in [5.41, 5.74) is 3.94. The molecule has 0 bridgehead atoms. The number of sulfone groups is 1. The minimum Gasteiger partial charge on any atom is -0.355 e. The highest BCUT2D eigenvalue weighted by Crippen LogP contribution is 2.47. The van der Waals surface area contributed by atoms with E-state index in [4.69, 9.17) is 5.73 Å². The van der Waals surface area contributed by atoms with Crippen LogP contribution in [0, 0.1) is 0 Å². The molecule has 0 radical (unpaired) electrons. The van der Waals surface area contributed by atoms with E-state index in [-0.39, 0.29) is 11.7 Å². The predicted octanol–water partition coefficient (Wildman–Crippen LogP) is 2.28. The van der Waals surface area contributed by atoms with Gasteiger partial charge in [-0.1, -0.05) is 12.1 Å². The average Bonchev–Trinajstić information content (AvgIpc) is 3.38. The summed E-state index contributed by atoms with van der Waals surface area (Å²) in [5, 5.41) is 7.51. The first-order chi connectivity index (χ1) is 16.3. The molecular weight excluding hydrogens is 485 g/mol. The van der Waals surface area contributed by atoms with E-state index >= 15 is 0 Å². The minimum atomic E-state index is -4.91. The molecule has 13 heteroatoms. The molecule has 0 aliphatic heterocycles. The number of aryl methyl sites for hydroxylation is 1. The Morgan fingerprint density at radius 3 is 2.54 bits per heavy atom. The van der Waals surface area contributed by atoms with Crippen LogP contribution in [0.3, 0.4) is 0 Å². The third kappa shape index (κ3) is 3.57. The van der Waals surface area contributed by atoms with E-state index in [2.05, 4.69) is 15.2 Å². The first-order valence-corrected chi connectivity index (χ1v) is 12.5. The number of aromatic amines is 1. The smallest absolute Gasteiger partial charge is 0.355 e. The fourth-order valence-corrected chi connectivity index (χ4v) is 5.82. The highest BCUT2D eigenvalue weighted by Gasteiger charge is 2.48. The highest BCUT2D eigenvalue weighted by atomic mass is 32.2. The zero-order valence-electron chi connectivity index (χ0n) is 18.7. The molecule has 0 spiro atoms. The lowest BCUT2D eigenvalue weighted by Crippen LogP contribution is -2.51. The molecule has 0 amide bonds. The molecule has 1 aliphatic carbocycles. The van der Waals surface area contributed by atoms with Crippen molar-refractivity contribution < 1.29 is 21.6 Å². The van der Waals surface area contributed by atoms with Crippen molar-refractivity contribution in [2.45, 2.75) is 35.4 Å². The molecule has 3 aromatic heterocycles. The van der Waals surface area contributed by atoms with Gasteiger partial charge in [0.2, 0.25) is 0 Å². The van der Waals surface area contributed by atoms with Gasteiger partial charge < -0.3 is 15.3 Å². The van der Waals surface area contributed by atoms with Gasteiger partial charge in [-0.05, 0) is 30.5 Å². The molecule has 9 nitrogen and oxygen atoms in total. The average molecular weight is 507 g/mol. The standard InChI is InChI=1S/C22H21F3N6O3S/c1-30-11-28-29-20(30)21(7-13(26)8-21)12-4-3-5-14(6-12)31-10-15(22(23,24)25)17-16(35(2,33)34)9-27-18(17)19(31)32/h3-6,9-11,13,27H,7-8,26H2,1-2H3/t13-,21-. The van der Waals surface area contributed by atoms with Crippen LogP contribution < -0.4 is 11.3 Å². The minimum absolute atomic E-state index is 0.0837. The van der Waals surface area contributed by atoms with E-state index in [1.807, 2.05) is 6.07 Å². The van der Waals surface area contributed by atoms with Gasteiger partial charge in [0.25, 0.3) is 5.56 Å². The Morgan fingerprint density at radius 1 is 1.26 bits per heavy atom. The van der Waals surface area contributed by atoms with Crippen molar-refractivity contribution in [1.82, 2.24) is 24.3 Å². The molecule has 0 atom stereocenters. The van der Waals surface area contributed by atoms with Gasteiger partial charge in [0.15, 0.2) is 9.84 Å². The number of rotatable bonds is 4. The fraction of sp³-hybridized carbons (Fsp3) is 0.318. The number of fused-ring (bicyclic) bond motifs is 1. The van der Waals surface area contributed by atoms with Crippen molar-refractivity contribution in [2.24, 2.45) is 12.8 Å². The third-order valence-corrected chi connectivity index (χ3v) is 7.67. The number of hydrogen-bond donors (Lipinski definition) is 2. The first kappa shape index (κ1) is 23.3. The first-order valence-electron chi connectivity index (χ1n) is 10.6. The van der Waals surface area contributed by atoms with Crippen LogP contribution in [0.5, 0.6) is 0 Å². The molecule has 1 saturated carbocycles. The van der Waals surface area contributed by atoms with Gasteiger partial charge in [0, 0.05) is 42.8 Å². The SMILES string of the molecule is Cn1cnnc1[C@]1(c2cccc(-n3cc(C(F)(F)F)c4c(S(C)(=O)=O)c[nH]c4c3=O)c2)C[C@@H](N)C1. The van der Waals surface area contributed by atoms with Gasteiger partial charge in [-0.2, -0.15) is 13.2 Å². The molecule has 3 N–H and O–H groups in total. The lowest BCUT2D eigenvalue weighted by molar-refractivity contribution is -0.136. The van der Waals surface area contributed by atoms with Crippen LogP contribution in [0.4, 0.5) is 13.2 Å². The van der Waals surface area contributed by atoms with Crippen LogP contribution in [0.25, 0.3) is 16.6 Å². The molecule has 4 aromatic rings. The summed E-state index contributed by atoms with van der Waals surface area (Å²) in [6.45, 7) is 0. The normalized spacial score (nSPS) is 20.8. The second-order valence-electron chi connectivity index (χ2n) is 8.96. The predicted molar refractivity (Wildman–Crippen MR) is 121 cm³/mol. The summed E-state index contributed by atoms with van der Waals surface area (Å²) in [7, 11) is -2.23. The molecule has 1 aromatic carbocycles. The molecular formula is C22H21F3N6O3S. The highest BCUT2D eigenvalue weighted by molar-refractivity contribution is 7.91. The zero-order chi connectivity index (χ0) is 25.3. The largest absolute Gasteiger partial charge is 0.418 e. The van der Waals surface area contributed by atoms with Crippen LogP contribution in [0.1, 0.15) is 29.8 Å². The molecule has 3 heterocycles.